The summed E-state index contributed by atoms with van der Waals surface area (Å²) >= 11 is 0. The lowest BCUT2D eigenvalue weighted by atomic mass is 9.94. The summed E-state index contributed by atoms with van der Waals surface area (Å²) in [5.74, 6) is -0.390. The Morgan fingerprint density at radius 1 is 0.648 bits per heavy atom. The summed E-state index contributed by atoms with van der Waals surface area (Å²) in [6.07, 6.45) is 10.6. The van der Waals surface area contributed by atoms with Gasteiger partial charge in [0.15, 0.2) is 24.0 Å². The Balaban J connectivity index is 0.949. The fourth-order valence-corrected chi connectivity index (χ4v) is 8.66. The van der Waals surface area contributed by atoms with Crippen molar-refractivity contribution in [2.45, 2.75) is 67.1 Å². The molecule has 0 aliphatic rings. The number of furan rings is 2. The molecule has 71 heavy (non-hydrogen) atoms. The lowest BCUT2D eigenvalue weighted by molar-refractivity contribution is -0.0603. The first-order valence-electron chi connectivity index (χ1n) is 22.5. The molecule has 8 heterocycles. The molecular weight excluding hydrogens is 936 g/mol. The first-order chi connectivity index (χ1) is 33.9. The van der Waals surface area contributed by atoms with Crippen molar-refractivity contribution >= 4 is 31.0 Å². The highest BCUT2D eigenvalue weighted by Crippen LogP contribution is 2.55. The van der Waals surface area contributed by atoms with E-state index in [1.165, 1.54) is 33.9 Å². The lowest BCUT2D eigenvalue weighted by Crippen LogP contribution is -2.30. The number of phosphoric ester groups is 1. The van der Waals surface area contributed by atoms with Gasteiger partial charge in [0.05, 0.1) is 72.6 Å². The number of phosphoric acid groups is 1. The minimum absolute atomic E-state index is 0.0169. The van der Waals surface area contributed by atoms with E-state index < -0.39 is 42.9 Å². The van der Waals surface area contributed by atoms with Gasteiger partial charge in [0.2, 0.25) is 0 Å². The van der Waals surface area contributed by atoms with Gasteiger partial charge in [-0.3, -0.25) is 38.0 Å². The van der Waals surface area contributed by atoms with Crippen molar-refractivity contribution in [3.8, 4) is 45.4 Å². The summed E-state index contributed by atoms with van der Waals surface area (Å²) in [7, 11) is -1.72. The van der Waals surface area contributed by atoms with E-state index in [-0.39, 0.29) is 11.5 Å². The number of methoxy groups -OCH3 is 2. The van der Waals surface area contributed by atoms with E-state index in [0.717, 1.165) is 0 Å². The maximum atomic E-state index is 14.1. The molecule has 8 aromatic heterocycles. The minimum Gasteiger partial charge on any atom is -0.451 e. The molecule has 0 bridgehead atoms. The lowest BCUT2D eigenvalue weighted by Gasteiger charge is -2.35. The molecule has 3 N–H and O–H groups in total. The average molecular weight is 991 g/mol. The molecule has 0 saturated carbocycles. The summed E-state index contributed by atoms with van der Waals surface area (Å²) in [6, 6.07) is 17.1. The zero-order chi connectivity index (χ0) is 50.5. The molecule has 0 spiro atoms. The van der Waals surface area contributed by atoms with E-state index in [9.17, 15) is 19.0 Å². The van der Waals surface area contributed by atoms with Crippen LogP contribution in [0.5, 0.6) is 0 Å². The van der Waals surface area contributed by atoms with Crippen LogP contribution in [0.3, 0.4) is 0 Å². The Kier molecular flexibility index (Phi) is 14.8. The maximum Gasteiger partial charge on any atom is 0.476 e. The van der Waals surface area contributed by atoms with Crippen LogP contribution in [0.2, 0.25) is 0 Å². The molecule has 22 nitrogen and oxygen atoms in total. The molecule has 2 amide bonds. The van der Waals surface area contributed by atoms with Crippen LogP contribution >= 0.6 is 7.82 Å². The van der Waals surface area contributed by atoms with Crippen LogP contribution in [0.15, 0.2) is 119 Å². The maximum absolute atomic E-state index is 14.1. The quantitative estimate of drug-likeness (QED) is 0.0603. The molecule has 2 unspecified atom stereocenters. The van der Waals surface area contributed by atoms with Crippen molar-refractivity contribution in [3.63, 3.8) is 0 Å². The van der Waals surface area contributed by atoms with E-state index in [1.807, 2.05) is 53.7 Å². The minimum atomic E-state index is -4.91. The van der Waals surface area contributed by atoms with Gasteiger partial charge in [0, 0.05) is 62.2 Å². The monoisotopic (exact) mass is 990 g/mol. The van der Waals surface area contributed by atoms with Crippen LogP contribution in [0, 0.1) is 10.8 Å². The predicted octanol–water partition coefficient (Wildman–Crippen LogP) is 8.84. The number of ether oxygens (including phenoxy) is 2. The largest absolute Gasteiger partial charge is 0.476 e. The van der Waals surface area contributed by atoms with E-state index in [4.69, 9.17) is 27.4 Å². The number of aromatic nitrogens is 10. The highest BCUT2D eigenvalue weighted by atomic mass is 31.2. The second-order valence-electron chi connectivity index (χ2n) is 18.5. The average Bonchev–Trinajstić information content (AvgIpc) is 4.20. The summed E-state index contributed by atoms with van der Waals surface area (Å²) in [5.41, 5.74) is 2.30. The van der Waals surface area contributed by atoms with Gasteiger partial charge in [-0.1, -0.05) is 53.7 Å². The number of rotatable bonds is 20. The van der Waals surface area contributed by atoms with Gasteiger partial charge >= 0.3 is 7.82 Å². The van der Waals surface area contributed by atoms with Crippen LogP contribution in [0.25, 0.3) is 45.4 Å². The first kappa shape index (κ1) is 50.1. The van der Waals surface area contributed by atoms with Crippen LogP contribution in [-0.4, -0.2) is 93.2 Å². The molecule has 23 heteroatoms. The molecule has 2 atom stereocenters. The van der Waals surface area contributed by atoms with Gasteiger partial charge in [0.25, 0.3) is 11.8 Å². The summed E-state index contributed by atoms with van der Waals surface area (Å²) in [5, 5.41) is 23.9. The molecule has 8 aromatic rings. The predicted molar refractivity (Wildman–Crippen MR) is 259 cm³/mol. The first-order valence-corrected chi connectivity index (χ1v) is 24.0. The van der Waals surface area contributed by atoms with Crippen molar-refractivity contribution in [3.05, 3.63) is 122 Å². The van der Waals surface area contributed by atoms with Gasteiger partial charge in [-0.25, -0.2) is 13.9 Å². The van der Waals surface area contributed by atoms with Crippen molar-refractivity contribution in [2.75, 3.05) is 38.1 Å². The summed E-state index contributed by atoms with van der Waals surface area (Å²) < 4.78 is 54.5. The Labute approximate surface area is 408 Å². The van der Waals surface area contributed by atoms with Crippen LogP contribution < -0.4 is 10.6 Å². The van der Waals surface area contributed by atoms with Gasteiger partial charge in [-0.2, -0.15) is 20.4 Å². The molecule has 0 aliphatic carbocycles. The number of hydrogen-bond donors (Lipinski definition) is 3. The highest BCUT2D eigenvalue weighted by Gasteiger charge is 2.41. The number of carbonyl (C=O) groups is 2. The molecule has 0 aliphatic heterocycles. The highest BCUT2D eigenvalue weighted by molar-refractivity contribution is 7.47. The molecule has 0 saturated heterocycles. The fourth-order valence-electron chi connectivity index (χ4n) is 7.28. The molecular formula is C48H55N12O10P. The second kappa shape index (κ2) is 20.9. The van der Waals surface area contributed by atoms with Gasteiger partial charge < -0.3 is 33.8 Å². The third-order valence-electron chi connectivity index (χ3n) is 10.7. The molecule has 0 aromatic carbocycles. The molecule has 0 radical (unpaired) electrons. The van der Waals surface area contributed by atoms with E-state index in [1.54, 1.807) is 97.2 Å². The van der Waals surface area contributed by atoms with Gasteiger partial charge in [-0.05, 0) is 48.5 Å². The molecule has 372 valence electrons. The Morgan fingerprint density at radius 2 is 1.07 bits per heavy atom. The van der Waals surface area contributed by atoms with Crippen molar-refractivity contribution in [1.82, 2.24) is 49.1 Å². The van der Waals surface area contributed by atoms with E-state index >= 15 is 0 Å². The number of anilines is 2. The number of amides is 2. The van der Waals surface area contributed by atoms with Gasteiger partial charge in [-0.15, -0.1) is 0 Å². The zero-order valence-corrected chi connectivity index (χ0v) is 41.3. The third-order valence-corrected chi connectivity index (χ3v) is 11.7. The molecule has 8 rings (SSSR count). The summed E-state index contributed by atoms with van der Waals surface area (Å²) in [6.45, 7) is 12.7. The summed E-state index contributed by atoms with van der Waals surface area (Å²) in [4.78, 5) is 47.3. The van der Waals surface area contributed by atoms with E-state index in [0.29, 0.717) is 83.1 Å². The normalized spacial score (nSPS) is 13.8. The number of carbonyl (C=O) groups excluding carboxylic acids is 2. The Morgan fingerprint density at radius 3 is 1.44 bits per heavy atom. The smallest absolute Gasteiger partial charge is 0.451 e. The number of pyridine rings is 2. The van der Waals surface area contributed by atoms with Crippen molar-refractivity contribution < 1.29 is 46.4 Å². The van der Waals surface area contributed by atoms with Crippen LogP contribution in [0.1, 0.15) is 75.1 Å². The standard InChI is InChI=1S/C48H55N12O10P/c1-47(2,3)45(59-27-31(25-51-59)37-15-17-39(67-37)43(61)53-35-29-57(21-23-65-7)55-41(35)33-13-9-11-19-49-33)69-71(63,64)70-46(48(4,5)6)60-28-32(26-52-60)38-16-18-40(68-38)44(62)54-36-30-58(22-24-66-8)56-42(36)34-14-10-12-20-50-34/h9-20,25-30,45-46H,21-24H2,1-8H3,(H,53,61)(H,54,62)(H,63,64). The topological polar surface area (TPSA) is 256 Å². The van der Waals surface area contributed by atoms with Crippen LogP contribution in [-0.2, 0) is 36.2 Å². The van der Waals surface area contributed by atoms with E-state index in [2.05, 4.69) is 41.0 Å². The fraction of sp³-hybridized carbons (Fsp3) is 0.333. The van der Waals surface area contributed by atoms with Crippen LogP contribution in [0.4, 0.5) is 11.4 Å². The number of hydrogen-bond acceptors (Lipinski definition) is 15. The number of nitrogens with one attached hydrogen (secondary N) is 2. The van der Waals surface area contributed by atoms with Crippen molar-refractivity contribution in [2.24, 2.45) is 10.8 Å². The number of nitrogens with zero attached hydrogens (tertiary/aromatic N) is 10. The van der Waals surface area contributed by atoms with Crippen molar-refractivity contribution in [1.29, 1.82) is 0 Å². The third kappa shape index (κ3) is 12.0. The Hall–Kier alpha value is -7.33. The SMILES string of the molecule is COCCn1cc(NC(=O)c2ccc(-c3cnn(C(OP(=O)(O)OC(n4cc(-c5ccc(C(=O)Nc6cn(CCOC)nc6-c6ccccn6)o5)cn4)C(C)(C)C)C(C)(C)C)c3)o2)c(-c2ccccn2)n1. The zero-order valence-electron chi connectivity index (χ0n) is 40.4. The second-order valence-corrected chi connectivity index (χ2v) is 19.9. The molecule has 0 fully saturated rings. The Bertz CT molecular complexity index is 2920. The van der Waals surface area contributed by atoms with Gasteiger partial charge in [0.1, 0.15) is 22.9 Å².